The smallest absolute Gasteiger partial charge is 0.252 e. The highest BCUT2D eigenvalue weighted by molar-refractivity contribution is 7.10. The lowest BCUT2D eigenvalue weighted by Crippen LogP contribution is -2.41. The molecule has 1 fully saturated rings. The van der Waals surface area contributed by atoms with Crippen LogP contribution in [0.3, 0.4) is 0 Å². The van der Waals surface area contributed by atoms with Crippen LogP contribution in [0.2, 0.25) is 0 Å². The minimum atomic E-state index is -0.203. The fourth-order valence-electron chi connectivity index (χ4n) is 3.07. The Labute approximate surface area is 145 Å². The van der Waals surface area contributed by atoms with Crippen molar-refractivity contribution < 1.29 is 4.79 Å². The van der Waals surface area contributed by atoms with Gasteiger partial charge in [0.15, 0.2) is 0 Å². The maximum absolute atomic E-state index is 12.3. The van der Waals surface area contributed by atoms with Crippen LogP contribution in [0.25, 0.3) is 0 Å². The van der Waals surface area contributed by atoms with Crippen molar-refractivity contribution in [1.82, 2.24) is 15.2 Å². The average Bonchev–Trinajstić information content (AvgIpc) is 3.11. The van der Waals surface area contributed by atoms with Crippen LogP contribution in [-0.2, 0) is 0 Å². The van der Waals surface area contributed by atoms with E-state index in [2.05, 4.69) is 39.6 Å². The molecule has 3 rings (SSSR count). The molecule has 1 atom stereocenters. The van der Waals surface area contributed by atoms with Crippen LogP contribution in [0.4, 0.5) is 0 Å². The molecule has 0 radical (unpaired) electrons. The lowest BCUT2D eigenvalue weighted by Gasteiger charge is -2.36. The van der Waals surface area contributed by atoms with Crippen molar-refractivity contribution in [1.29, 1.82) is 0 Å². The summed E-state index contributed by atoms with van der Waals surface area (Å²) in [7, 11) is 0. The van der Waals surface area contributed by atoms with Gasteiger partial charge in [-0.05, 0) is 49.4 Å². The summed E-state index contributed by atoms with van der Waals surface area (Å²) in [5.41, 5.74) is 0.275. The van der Waals surface area contributed by atoms with Crippen LogP contribution < -0.4 is 10.9 Å². The number of nitrogens with one attached hydrogen (secondary N) is 2. The molecule has 2 aromatic heterocycles. The predicted octanol–water partition coefficient (Wildman–Crippen LogP) is 2.64. The number of rotatable bonds is 5. The van der Waals surface area contributed by atoms with Crippen molar-refractivity contribution in [3.8, 4) is 0 Å². The minimum Gasteiger partial charge on any atom is -0.350 e. The van der Waals surface area contributed by atoms with Gasteiger partial charge in [-0.15, -0.1) is 11.3 Å². The van der Waals surface area contributed by atoms with E-state index in [9.17, 15) is 9.59 Å². The third kappa shape index (κ3) is 4.13. The number of H-pyrrole nitrogens is 1. The summed E-state index contributed by atoms with van der Waals surface area (Å²) in [5, 5.41) is 5.10. The molecule has 1 aliphatic rings. The Hall–Kier alpha value is -1.92. The van der Waals surface area contributed by atoms with E-state index in [0.717, 1.165) is 19.0 Å². The van der Waals surface area contributed by atoms with Gasteiger partial charge < -0.3 is 10.3 Å². The maximum atomic E-state index is 12.3. The summed E-state index contributed by atoms with van der Waals surface area (Å²) in [5.74, 6) is 0.624. The fourth-order valence-corrected chi connectivity index (χ4v) is 3.93. The first-order valence-corrected chi connectivity index (χ1v) is 9.26. The van der Waals surface area contributed by atoms with Crippen LogP contribution in [0.1, 0.15) is 41.0 Å². The lowest BCUT2D eigenvalue weighted by molar-refractivity contribution is 0.0914. The number of nitrogens with zero attached hydrogens (tertiary/aromatic N) is 1. The Morgan fingerprint density at radius 3 is 2.79 bits per heavy atom. The fraction of sp³-hybridized carbons (Fsp3) is 0.444. The lowest BCUT2D eigenvalue weighted by atomic mass is 9.97. The normalized spacial score (nSPS) is 17.5. The Morgan fingerprint density at radius 2 is 2.17 bits per heavy atom. The van der Waals surface area contributed by atoms with Gasteiger partial charge in [-0.1, -0.05) is 13.0 Å². The van der Waals surface area contributed by atoms with Crippen LogP contribution in [0.5, 0.6) is 0 Å². The van der Waals surface area contributed by atoms with Crippen molar-refractivity contribution >= 4 is 17.2 Å². The summed E-state index contributed by atoms with van der Waals surface area (Å²) in [6.45, 7) is 5.01. The predicted molar refractivity (Wildman–Crippen MR) is 96.4 cm³/mol. The third-order valence-corrected chi connectivity index (χ3v) is 5.61. The molecule has 1 saturated heterocycles. The number of carbonyl (C=O) groups is 1. The quantitative estimate of drug-likeness (QED) is 0.875. The van der Waals surface area contributed by atoms with Gasteiger partial charge in [0.1, 0.15) is 0 Å². The van der Waals surface area contributed by atoms with Crippen LogP contribution in [-0.4, -0.2) is 35.4 Å². The molecular weight excluding hydrogens is 322 g/mol. The number of hydrogen-bond acceptors (Lipinski definition) is 4. The zero-order chi connectivity index (χ0) is 16.9. The number of piperidine rings is 1. The second-order valence-electron chi connectivity index (χ2n) is 6.40. The second-order valence-corrected chi connectivity index (χ2v) is 7.38. The number of hydrogen-bond donors (Lipinski definition) is 2. The monoisotopic (exact) mass is 345 g/mol. The van der Waals surface area contributed by atoms with Crippen molar-refractivity contribution in [2.75, 3.05) is 19.6 Å². The zero-order valence-corrected chi connectivity index (χ0v) is 14.6. The molecule has 2 N–H and O–H groups in total. The number of aromatic nitrogens is 1. The van der Waals surface area contributed by atoms with E-state index in [0.29, 0.717) is 12.1 Å². The van der Waals surface area contributed by atoms with Crippen molar-refractivity contribution in [2.24, 2.45) is 5.92 Å². The maximum Gasteiger partial charge on any atom is 0.252 e. The topological polar surface area (TPSA) is 65.2 Å². The molecule has 24 heavy (non-hydrogen) atoms. The first-order chi connectivity index (χ1) is 11.6. The summed E-state index contributed by atoms with van der Waals surface area (Å²) in [4.78, 5) is 29.7. The Morgan fingerprint density at radius 1 is 1.38 bits per heavy atom. The molecule has 0 spiro atoms. The van der Waals surface area contributed by atoms with Gasteiger partial charge in [0.2, 0.25) is 5.56 Å². The van der Waals surface area contributed by atoms with Crippen molar-refractivity contribution in [3.05, 3.63) is 56.6 Å². The summed E-state index contributed by atoms with van der Waals surface area (Å²) in [6.07, 6.45) is 3.87. The molecule has 6 heteroatoms. The van der Waals surface area contributed by atoms with Gasteiger partial charge in [-0.25, -0.2) is 0 Å². The number of pyridine rings is 1. The van der Waals surface area contributed by atoms with Crippen LogP contribution in [0.15, 0.2) is 40.6 Å². The molecule has 2 aromatic rings. The molecular formula is C18H23N3O2S. The molecule has 128 valence electrons. The molecule has 1 amide bonds. The van der Waals surface area contributed by atoms with Gasteiger partial charge >= 0.3 is 0 Å². The molecule has 3 heterocycles. The van der Waals surface area contributed by atoms with E-state index in [4.69, 9.17) is 0 Å². The highest BCUT2D eigenvalue weighted by Gasteiger charge is 2.25. The van der Waals surface area contributed by atoms with E-state index in [1.165, 1.54) is 30.0 Å². The largest absolute Gasteiger partial charge is 0.350 e. The third-order valence-electron chi connectivity index (χ3n) is 4.63. The van der Waals surface area contributed by atoms with E-state index in [1.54, 1.807) is 17.4 Å². The average molecular weight is 345 g/mol. The zero-order valence-electron chi connectivity index (χ0n) is 13.8. The van der Waals surface area contributed by atoms with Crippen molar-refractivity contribution in [2.45, 2.75) is 25.8 Å². The van der Waals surface area contributed by atoms with E-state index >= 15 is 0 Å². The van der Waals surface area contributed by atoms with E-state index in [-0.39, 0.29) is 17.5 Å². The number of carbonyl (C=O) groups excluding carboxylic acids is 1. The first kappa shape index (κ1) is 16.9. The van der Waals surface area contributed by atoms with Gasteiger partial charge in [-0.2, -0.15) is 0 Å². The Bertz CT molecular complexity index is 698. The molecule has 0 aromatic carbocycles. The minimum absolute atomic E-state index is 0.154. The number of likely N-dealkylation sites (tertiary alicyclic amines) is 1. The number of amides is 1. The summed E-state index contributed by atoms with van der Waals surface area (Å²) >= 11 is 1.73. The number of thiophene rings is 1. The highest BCUT2D eigenvalue weighted by Crippen LogP contribution is 2.29. The Kier molecular flexibility index (Phi) is 5.48. The van der Waals surface area contributed by atoms with Gasteiger partial charge in [-0.3, -0.25) is 14.5 Å². The first-order valence-electron chi connectivity index (χ1n) is 8.38. The van der Waals surface area contributed by atoms with Gasteiger partial charge in [0, 0.05) is 23.7 Å². The molecule has 1 aliphatic heterocycles. The molecule has 5 nitrogen and oxygen atoms in total. The molecule has 0 aliphatic carbocycles. The van der Waals surface area contributed by atoms with Crippen LogP contribution >= 0.6 is 11.3 Å². The van der Waals surface area contributed by atoms with Crippen molar-refractivity contribution in [3.63, 3.8) is 0 Å². The van der Waals surface area contributed by atoms with Crippen LogP contribution in [0, 0.1) is 5.92 Å². The molecule has 0 unspecified atom stereocenters. The van der Waals surface area contributed by atoms with E-state index < -0.39 is 0 Å². The Balaban J connectivity index is 1.67. The summed E-state index contributed by atoms with van der Waals surface area (Å²) in [6, 6.07) is 7.33. The van der Waals surface area contributed by atoms with Gasteiger partial charge in [0.25, 0.3) is 5.91 Å². The molecule has 0 saturated carbocycles. The SMILES string of the molecule is CC1CCN([C@H](CNC(=O)c2ccc(=O)[nH]c2)c2cccs2)CC1. The highest BCUT2D eigenvalue weighted by atomic mass is 32.1. The standard InChI is InChI=1S/C18H23N3O2S/c1-13-6-8-21(9-7-13)15(16-3-2-10-24-16)12-20-18(23)14-4-5-17(22)19-11-14/h2-5,10-11,13,15H,6-9,12H2,1H3,(H,19,22)(H,20,23)/t15-/m1/s1. The number of aromatic amines is 1. The molecule has 0 bridgehead atoms. The van der Waals surface area contributed by atoms with Gasteiger partial charge in [0.05, 0.1) is 11.6 Å². The summed E-state index contributed by atoms with van der Waals surface area (Å²) < 4.78 is 0. The second kappa shape index (κ2) is 7.77. The van der Waals surface area contributed by atoms with E-state index in [1.807, 2.05) is 0 Å².